The monoisotopic (exact) mass is 337 g/mol. The molecule has 126 valence electrons. The molecule has 2 aromatic rings. The van der Waals surface area contributed by atoms with E-state index in [1.54, 1.807) is 0 Å². The third-order valence-corrected chi connectivity index (χ3v) is 3.36. The predicted molar refractivity (Wildman–Crippen MR) is 90.8 cm³/mol. The molecule has 2 rings (SSSR count). The third-order valence-electron chi connectivity index (χ3n) is 3.36. The Kier molecular flexibility index (Phi) is 6.20. The summed E-state index contributed by atoms with van der Waals surface area (Å²) >= 11 is 0. The molecule has 1 aromatic heterocycles. The molecule has 0 spiro atoms. The van der Waals surface area contributed by atoms with Crippen molar-refractivity contribution in [3.05, 3.63) is 52.3 Å². The van der Waals surface area contributed by atoms with E-state index in [1.165, 1.54) is 11.2 Å². The first-order valence-electron chi connectivity index (χ1n) is 7.43. The van der Waals surface area contributed by atoms with Gasteiger partial charge in [-0.2, -0.15) is 10.5 Å². The van der Waals surface area contributed by atoms with Crippen LogP contribution < -0.4 is 10.2 Å². The highest BCUT2D eigenvalue weighted by atomic mass is 16.6. The number of nitrogens with one attached hydrogen (secondary N) is 1. The maximum Gasteiger partial charge on any atom is 0.353 e. The van der Waals surface area contributed by atoms with Gasteiger partial charge < -0.3 is 10.2 Å². The lowest BCUT2D eigenvalue weighted by molar-refractivity contribution is -0.383. The van der Waals surface area contributed by atoms with Crippen LogP contribution >= 0.6 is 0 Å². The number of aromatic nitrogens is 2. The van der Waals surface area contributed by atoms with Gasteiger partial charge in [0.1, 0.15) is 19.4 Å². The minimum atomic E-state index is -0.609. The maximum absolute atomic E-state index is 11.5. The summed E-state index contributed by atoms with van der Waals surface area (Å²) in [7, 11) is 0. The van der Waals surface area contributed by atoms with E-state index >= 15 is 0 Å². The van der Waals surface area contributed by atoms with Gasteiger partial charge in [-0.3, -0.25) is 10.1 Å². The van der Waals surface area contributed by atoms with E-state index in [-0.39, 0.29) is 30.4 Å². The van der Waals surface area contributed by atoms with Gasteiger partial charge in [-0.1, -0.05) is 30.3 Å². The van der Waals surface area contributed by atoms with E-state index in [2.05, 4.69) is 15.3 Å². The van der Waals surface area contributed by atoms with Crippen molar-refractivity contribution in [2.75, 3.05) is 29.9 Å². The summed E-state index contributed by atoms with van der Waals surface area (Å²) in [5, 5.41) is 32.1. The number of hydrogen-bond acceptors (Lipinski definition) is 8. The van der Waals surface area contributed by atoms with Gasteiger partial charge in [0.2, 0.25) is 11.6 Å². The lowest BCUT2D eigenvalue weighted by atomic mass is 10.1. The van der Waals surface area contributed by atoms with Crippen molar-refractivity contribution in [2.24, 2.45) is 0 Å². The van der Waals surface area contributed by atoms with Crippen molar-refractivity contribution in [3.8, 4) is 12.1 Å². The molecular formula is C16H15N7O2. The van der Waals surface area contributed by atoms with Crippen LogP contribution in [-0.4, -0.2) is 34.5 Å². The molecule has 0 radical (unpaired) electrons. The first kappa shape index (κ1) is 17.6. The molecular weight excluding hydrogens is 322 g/mol. The fraction of sp³-hybridized carbons (Fsp3) is 0.250. The van der Waals surface area contributed by atoms with Crippen molar-refractivity contribution in [1.29, 1.82) is 10.5 Å². The normalized spacial score (nSPS) is 9.68. The highest BCUT2D eigenvalue weighted by Gasteiger charge is 2.26. The van der Waals surface area contributed by atoms with Gasteiger partial charge in [0.15, 0.2) is 0 Å². The van der Waals surface area contributed by atoms with Crippen LogP contribution in [0.5, 0.6) is 0 Å². The predicted octanol–water partition coefficient (Wildman–Crippen LogP) is 1.89. The molecule has 0 fully saturated rings. The summed E-state index contributed by atoms with van der Waals surface area (Å²) in [5.74, 6) is 0.0112. The van der Waals surface area contributed by atoms with Crippen molar-refractivity contribution < 1.29 is 4.92 Å². The Labute approximate surface area is 144 Å². The van der Waals surface area contributed by atoms with Crippen molar-refractivity contribution in [1.82, 2.24) is 9.97 Å². The Balaban J connectivity index is 2.23. The standard InChI is InChI=1S/C16H15N7O2/c17-7-10-22(11-8-18)16-14(23(24)25)15(20-12-21-16)19-9-6-13-4-2-1-3-5-13/h1-5,12H,6,9-11H2,(H,19,20,21). The summed E-state index contributed by atoms with van der Waals surface area (Å²) in [5.41, 5.74) is 0.739. The Morgan fingerprint density at radius 1 is 1.16 bits per heavy atom. The fourth-order valence-electron chi connectivity index (χ4n) is 2.24. The molecule has 0 amide bonds. The number of nitriles is 2. The van der Waals surface area contributed by atoms with Gasteiger partial charge in [-0.25, -0.2) is 9.97 Å². The Morgan fingerprint density at radius 2 is 1.84 bits per heavy atom. The molecule has 1 aromatic carbocycles. The second-order valence-electron chi connectivity index (χ2n) is 4.99. The Morgan fingerprint density at radius 3 is 2.44 bits per heavy atom. The van der Waals surface area contributed by atoms with Gasteiger partial charge in [0.25, 0.3) is 0 Å². The van der Waals surface area contributed by atoms with Crippen LogP contribution in [0.1, 0.15) is 5.56 Å². The average molecular weight is 337 g/mol. The van der Waals surface area contributed by atoms with Crippen LogP contribution in [0, 0.1) is 32.8 Å². The first-order chi connectivity index (χ1) is 12.2. The highest BCUT2D eigenvalue weighted by Crippen LogP contribution is 2.31. The lowest BCUT2D eigenvalue weighted by Crippen LogP contribution is -2.26. The number of benzene rings is 1. The van der Waals surface area contributed by atoms with Gasteiger partial charge >= 0.3 is 5.69 Å². The maximum atomic E-state index is 11.5. The van der Waals surface area contributed by atoms with Crippen molar-refractivity contribution in [3.63, 3.8) is 0 Å². The van der Waals surface area contributed by atoms with E-state index < -0.39 is 4.92 Å². The molecule has 1 heterocycles. The van der Waals surface area contributed by atoms with E-state index in [1.807, 2.05) is 42.5 Å². The summed E-state index contributed by atoms with van der Waals surface area (Å²) < 4.78 is 0. The molecule has 0 saturated carbocycles. The van der Waals surface area contributed by atoms with E-state index in [0.29, 0.717) is 13.0 Å². The van der Waals surface area contributed by atoms with Gasteiger partial charge in [-0.05, 0) is 12.0 Å². The van der Waals surface area contributed by atoms with Crippen LogP contribution in [0.15, 0.2) is 36.7 Å². The molecule has 25 heavy (non-hydrogen) atoms. The van der Waals surface area contributed by atoms with Crippen LogP contribution in [0.3, 0.4) is 0 Å². The summed E-state index contributed by atoms with van der Waals surface area (Å²) in [4.78, 5) is 19.9. The number of hydrogen-bond donors (Lipinski definition) is 1. The molecule has 0 unspecified atom stereocenters. The van der Waals surface area contributed by atoms with E-state index in [4.69, 9.17) is 10.5 Å². The molecule has 0 aliphatic carbocycles. The average Bonchev–Trinajstić information content (AvgIpc) is 2.62. The summed E-state index contributed by atoms with van der Waals surface area (Å²) in [6.45, 7) is 0.0710. The first-order valence-corrected chi connectivity index (χ1v) is 7.43. The van der Waals surface area contributed by atoms with Gasteiger partial charge in [-0.15, -0.1) is 0 Å². The largest absolute Gasteiger partial charge is 0.364 e. The van der Waals surface area contributed by atoms with Crippen molar-refractivity contribution in [2.45, 2.75) is 6.42 Å². The van der Waals surface area contributed by atoms with Crippen LogP contribution in [-0.2, 0) is 6.42 Å². The topological polar surface area (TPSA) is 132 Å². The minimum Gasteiger partial charge on any atom is -0.364 e. The van der Waals surface area contributed by atoms with Crippen LogP contribution in [0.4, 0.5) is 17.3 Å². The minimum absolute atomic E-state index is 0.0506. The molecule has 9 nitrogen and oxygen atoms in total. The molecule has 9 heteroatoms. The Hall–Kier alpha value is -3.72. The number of rotatable bonds is 8. The number of anilines is 2. The lowest BCUT2D eigenvalue weighted by Gasteiger charge is -2.17. The fourth-order valence-corrected chi connectivity index (χ4v) is 2.24. The Bertz CT molecular complexity index is 795. The molecule has 0 atom stereocenters. The summed E-state index contributed by atoms with van der Waals surface area (Å²) in [6, 6.07) is 13.4. The number of nitro groups is 1. The zero-order valence-electron chi connectivity index (χ0n) is 13.3. The third kappa shape index (κ3) is 4.62. The van der Waals surface area contributed by atoms with E-state index in [0.717, 1.165) is 5.56 Å². The van der Waals surface area contributed by atoms with Crippen LogP contribution in [0.25, 0.3) is 0 Å². The second kappa shape index (κ2) is 8.79. The molecule has 0 bridgehead atoms. The van der Waals surface area contributed by atoms with Crippen molar-refractivity contribution >= 4 is 17.3 Å². The SMILES string of the molecule is N#CCN(CC#N)c1ncnc(NCCc2ccccc2)c1[N+](=O)[O-]. The highest BCUT2D eigenvalue weighted by molar-refractivity contribution is 5.70. The van der Waals surface area contributed by atoms with Gasteiger partial charge in [0.05, 0.1) is 17.1 Å². The molecule has 0 aliphatic rings. The molecule has 0 aliphatic heterocycles. The smallest absolute Gasteiger partial charge is 0.353 e. The summed E-state index contributed by atoms with van der Waals surface area (Å²) in [6.07, 6.45) is 1.84. The van der Waals surface area contributed by atoms with Crippen LogP contribution in [0.2, 0.25) is 0 Å². The molecule has 1 N–H and O–H groups in total. The van der Waals surface area contributed by atoms with E-state index in [9.17, 15) is 10.1 Å². The second-order valence-corrected chi connectivity index (χ2v) is 4.99. The zero-order valence-corrected chi connectivity index (χ0v) is 13.3. The number of nitrogens with zero attached hydrogens (tertiary/aromatic N) is 6. The quantitative estimate of drug-likeness (QED) is 0.439. The molecule has 0 saturated heterocycles. The zero-order chi connectivity index (χ0) is 18.1. The van der Waals surface area contributed by atoms with Gasteiger partial charge in [0, 0.05) is 6.54 Å².